The zero-order chi connectivity index (χ0) is 7.61. The monoisotopic (exact) mass is 159 g/mol. The molecule has 0 aromatic rings. The topological polar surface area (TPSA) is 12.0 Å². The van der Waals surface area contributed by atoms with Crippen molar-refractivity contribution >= 4 is 12.1 Å². The fraction of sp³-hybridized carbons (Fsp3) is 0.429. The molecule has 56 valence electrons. The maximum atomic E-state index is 12.2. The first-order valence-corrected chi connectivity index (χ1v) is 3.81. The third-order valence-corrected chi connectivity index (χ3v) is 1.98. The Morgan fingerprint density at radius 3 is 2.80 bits per heavy atom. The summed E-state index contributed by atoms with van der Waals surface area (Å²) in [5.74, 6) is 0. The summed E-state index contributed by atoms with van der Waals surface area (Å²) in [5, 5.41) is 2.97. The van der Waals surface area contributed by atoms with E-state index >= 15 is 0 Å². The molecule has 0 aliphatic carbocycles. The molecule has 0 saturated heterocycles. The van der Waals surface area contributed by atoms with Gasteiger partial charge in [-0.15, -0.1) is 0 Å². The quantitative estimate of drug-likeness (QED) is 0.630. The lowest BCUT2D eigenvalue weighted by Gasteiger charge is -2.20. The first kappa shape index (κ1) is 7.66. The van der Waals surface area contributed by atoms with Crippen molar-refractivity contribution < 1.29 is 3.89 Å². The number of hydrogen-bond acceptors (Lipinski definition) is 2. The van der Waals surface area contributed by atoms with Crippen LogP contribution >= 0.6 is 12.1 Å². The van der Waals surface area contributed by atoms with Crippen molar-refractivity contribution in [3.63, 3.8) is 0 Å². The molecule has 0 radical (unpaired) electrons. The summed E-state index contributed by atoms with van der Waals surface area (Å²) in [7, 11) is 0. The zero-order valence-corrected chi connectivity index (χ0v) is 6.83. The first-order valence-electron chi connectivity index (χ1n) is 3.10. The van der Waals surface area contributed by atoms with Crippen molar-refractivity contribution in [2.75, 3.05) is 0 Å². The van der Waals surface area contributed by atoms with Crippen molar-refractivity contribution in [2.45, 2.75) is 18.6 Å². The zero-order valence-electron chi connectivity index (χ0n) is 6.02. The Kier molecular flexibility index (Phi) is 2.04. The van der Waals surface area contributed by atoms with Crippen LogP contribution in [-0.2, 0) is 0 Å². The third kappa shape index (κ3) is 1.53. The van der Waals surface area contributed by atoms with Crippen LogP contribution in [0.4, 0.5) is 3.89 Å². The standard InChI is InChI=1S/C7H10FNS/c1-6-5-7(2,10-8)3-4-9-6/h3-5,9H,1-2H3. The Balaban J connectivity index is 2.78. The third-order valence-electron chi connectivity index (χ3n) is 1.39. The second-order valence-electron chi connectivity index (χ2n) is 2.57. The molecule has 0 spiro atoms. The lowest BCUT2D eigenvalue weighted by molar-refractivity contribution is 0.839. The molecule has 0 aromatic heterocycles. The van der Waals surface area contributed by atoms with Gasteiger partial charge in [-0.25, -0.2) is 0 Å². The molecule has 0 bridgehead atoms. The number of nitrogens with one attached hydrogen (secondary N) is 1. The van der Waals surface area contributed by atoms with E-state index in [1.54, 1.807) is 12.3 Å². The molecule has 0 amide bonds. The maximum Gasteiger partial charge on any atom is 0.0842 e. The van der Waals surface area contributed by atoms with Gasteiger partial charge >= 0.3 is 0 Å². The molecular weight excluding hydrogens is 149 g/mol. The predicted octanol–water partition coefficient (Wildman–Crippen LogP) is 2.38. The van der Waals surface area contributed by atoms with Gasteiger partial charge in [0, 0.05) is 5.70 Å². The van der Waals surface area contributed by atoms with Gasteiger partial charge in [0.25, 0.3) is 0 Å². The van der Waals surface area contributed by atoms with Crippen LogP contribution < -0.4 is 5.32 Å². The van der Waals surface area contributed by atoms with E-state index in [2.05, 4.69) is 5.32 Å². The highest BCUT2D eigenvalue weighted by Gasteiger charge is 2.21. The second kappa shape index (κ2) is 2.66. The minimum absolute atomic E-state index is 0.349. The van der Waals surface area contributed by atoms with E-state index in [1.807, 2.05) is 19.9 Å². The molecule has 0 aromatic carbocycles. The molecule has 1 rings (SSSR count). The Labute approximate surface area is 64.7 Å². The molecule has 1 nitrogen and oxygen atoms in total. The van der Waals surface area contributed by atoms with Crippen LogP contribution in [0.15, 0.2) is 24.0 Å². The van der Waals surface area contributed by atoms with E-state index in [-0.39, 0.29) is 0 Å². The predicted molar refractivity (Wildman–Crippen MR) is 43.1 cm³/mol. The van der Waals surface area contributed by atoms with Crippen LogP contribution in [0.1, 0.15) is 13.8 Å². The smallest absolute Gasteiger partial charge is 0.0842 e. The van der Waals surface area contributed by atoms with Gasteiger partial charge in [-0.05, 0) is 32.2 Å². The Bertz CT molecular complexity index is 188. The van der Waals surface area contributed by atoms with Crippen LogP contribution in [0.3, 0.4) is 0 Å². The highest BCUT2D eigenvalue weighted by atomic mass is 32.2. The summed E-state index contributed by atoms with van der Waals surface area (Å²) in [5.41, 5.74) is 0.996. The molecule has 1 heterocycles. The summed E-state index contributed by atoms with van der Waals surface area (Å²) in [6.07, 6.45) is 5.42. The molecule has 1 atom stereocenters. The van der Waals surface area contributed by atoms with Crippen molar-refractivity contribution in [3.05, 3.63) is 24.0 Å². The number of rotatable bonds is 1. The van der Waals surface area contributed by atoms with Crippen LogP contribution in [0, 0.1) is 0 Å². The molecule has 1 aliphatic heterocycles. The molecule has 3 heteroatoms. The van der Waals surface area contributed by atoms with Crippen molar-refractivity contribution in [3.8, 4) is 0 Å². The SMILES string of the molecule is CC1=CC(C)(SF)C=CN1. The van der Waals surface area contributed by atoms with Crippen LogP contribution in [0.2, 0.25) is 0 Å². The summed E-state index contributed by atoms with van der Waals surface area (Å²) in [6.45, 7) is 3.75. The van der Waals surface area contributed by atoms with E-state index in [0.29, 0.717) is 12.1 Å². The van der Waals surface area contributed by atoms with Gasteiger partial charge < -0.3 is 5.32 Å². The van der Waals surface area contributed by atoms with Crippen molar-refractivity contribution in [1.29, 1.82) is 0 Å². The van der Waals surface area contributed by atoms with Gasteiger partial charge in [0.05, 0.1) is 16.9 Å². The fourth-order valence-corrected chi connectivity index (χ4v) is 1.25. The number of halogens is 1. The average Bonchev–Trinajstić information content (AvgIpc) is 1.88. The van der Waals surface area contributed by atoms with Crippen LogP contribution in [-0.4, -0.2) is 4.75 Å². The minimum Gasteiger partial charge on any atom is -0.366 e. The number of allylic oxidation sites excluding steroid dienone is 1. The number of hydrogen-bond donors (Lipinski definition) is 1. The number of dihydropyridines is 1. The molecule has 1 N–H and O–H groups in total. The summed E-state index contributed by atoms with van der Waals surface area (Å²) in [4.78, 5) is 0. The van der Waals surface area contributed by atoms with E-state index in [1.165, 1.54) is 0 Å². The van der Waals surface area contributed by atoms with Gasteiger partial charge in [0.2, 0.25) is 0 Å². The van der Waals surface area contributed by atoms with E-state index < -0.39 is 4.75 Å². The molecular formula is C7H10FNS. The van der Waals surface area contributed by atoms with Gasteiger partial charge in [-0.2, -0.15) is 3.89 Å². The Hall–Kier alpha value is -0.440. The van der Waals surface area contributed by atoms with Crippen molar-refractivity contribution in [1.82, 2.24) is 5.32 Å². The Morgan fingerprint density at radius 2 is 2.40 bits per heavy atom. The first-order chi connectivity index (χ1) is 4.66. The summed E-state index contributed by atoms with van der Waals surface area (Å²) in [6, 6.07) is 0. The molecule has 1 unspecified atom stereocenters. The summed E-state index contributed by atoms with van der Waals surface area (Å²) >= 11 is 0.349. The molecule has 1 aliphatic rings. The molecule has 0 fully saturated rings. The fourth-order valence-electron chi connectivity index (χ4n) is 0.906. The highest BCUT2D eigenvalue weighted by Crippen LogP contribution is 2.31. The largest absolute Gasteiger partial charge is 0.366 e. The maximum absolute atomic E-state index is 12.2. The van der Waals surface area contributed by atoms with E-state index in [9.17, 15) is 3.89 Å². The van der Waals surface area contributed by atoms with Gasteiger partial charge in [0.15, 0.2) is 0 Å². The highest BCUT2D eigenvalue weighted by molar-refractivity contribution is 7.96. The van der Waals surface area contributed by atoms with Crippen LogP contribution in [0.5, 0.6) is 0 Å². The average molecular weight is 159 g/mol. The lowest BCUT2D eigenvalue weighted by Crippen LogP contribution is -2.20. The summed E-state index contributed by atoms with van der Waals surface area (Å²) < 4.78 is 11.8. The van der Waals surface area contributed by atoms with Crippen LogP contribution in [0.25, 0.3) is 0 Å². The van der Waals surface area contributed by atoms with Crippen molar-refractivity contribution in [2.24, 2.45) is 0 Å². The van der Waals surface area contributed by atoms with Gasteiger partial charge in [-0.3, -0.25) is 0 Å². The normalized spacial score (nSPS) is 31.3. The second-order valence-corrected chi connectivity index (χ2v) is 3.60. The molecule has 10 heavy (non-hydrogen) atoms. The molecule has 0 saturated carbocycles. The van der Waals surface area contributed by atoms with Gasteiger partial charge in [-0.1, -0.05) is 0 Å². The van der Waals surface area contributed by atoms with E-state index in [0.717, 1.165) is 5.70 Å². The lowest BCUT2D eigenvalue weighted by atomic mass is 10.1. The van der Waals surface area contributed by atoms with E-state index in [4.69, 9.17) is 0 Å². The Morgan fingerprint density at radius 1 is 1.70 bits per heavy atom. The van der Waals surface area contributed by atoms with Gasteiger partial charge in [0.1, 0.15) is 0 Å². The minimum atomic E-state index is -0.463.